The highest BCUT2D eigenvalue weighted by molar-refractivity contribution is 6.20. The Morgan fingerprint density at radius 2 is 0.821 bits per heavy atom. The van der Waals surface area contributed by atoms with E-state index < -0.39 is 0 Å². The Balaban J connectivity index is 1.04. The van der Waals surface area contributed by atoms with E-state index in [1.54, 1.807) is 0 Å². The van der Waals surface area contributed by atoms with Crippen LogP contribution in [0.25, 0.3) is 121 Å². The van der Waals surface area contributed by atoms with Crippen molar-refractivity contribution in [1.29, 1.82) is 0 Å². The summed E-state index contributed by atoms with van der Waals surface area (Å²) in [6, 6.07) is 65.4. The Bertz CT molecular complexity index is 3760. The Hall–Kier alpha value is -7.56. The molecule has 4 nitrogen and oxygen atoms in total. The van der Waals surface area contributed by atoms with Gasteiger partial charge in [-0.05, 0) is 94.7 Å². The van der Waals surface area contributed by atoms with Gasteiger partial charge in [-0.25, -0.2) is 0 Å². The Kier molecular flexibility index (Phi) is 5.86. The van der Waals surface area contributed by atoms with Gasteiger partial charge in [0.05, 0.1) is 22.1 Å². The lowest BCUT2D eigenvalue weighted by molar-refractivity contribution is 0.669. The molecule has 0 spiro atoms. The smallest absolute Gasteiger partial charge is 0.137 e. The van der Waals surface area contributed by atoms with Gasteiger partial charge in [0.2, 0.25) is 0 Å². The average Bonchev–Trinajstić information content (AvgIpc) is 3.98. The van der Waals surface area contributed by atoms with Crippen molar-refractivity contribution in [3.8, 4) is 22.5 Å². The van der Waals surface area contributed by atoms with Gasteiger partial charge in [0.25, 0.3) is 0 Å². The molecule has 0 aliphatic heterocycles. The van der Waals surface area contributed by atoms with Crippen LogP contribution in [0.1, 0.15) is 0 Å². The maximum Gasteiger partial charge on any atom is 0.137 e. The van der Waals surface area contributed by atoms with E-state index in [9.17, 15) is 0 Å². The molecule has 0 aliphatic rings. The number of hydrogen-bond acceptors (Lipinski definition) is 2. The van der Waals surface area contributed by atoms with Gasteiger partial charge in [-0.2, -0.15) is 0 Å². The maximum absolute atomic E-state index is 6.59. The summed E-state index contributed by atoms with van der Waals surface area (Å²) in [5.74, 6) is 0. The molecule has 0 N–H and O–H groups in total. The third kappa shape index (κ3) is 4.13. The zero-order chi connectivity index (χ0) is 36.5. The van der Waals surface area contributed by atoms with E-state index in [1.807, 2.05) is 6.07 Å². The highest BCUT2D eigenvalue weighted by Crippen LogP contribution is 2.42. The van der Waals surface area contributed by atoms with E-state index in [-0.39, 0.29) is 0 Å². The minimum Gasteiger partial charge on any atom is -0.456 e. The lowest BCUT2D eigenvalue weighted by atomic mass is 10.00. The Labute approximate surface area is 319 Å². The normalized spacial score (nSPS) is 12.3. The number of benzene rings is 9. The first-order valence-corrected chi connectivity index (χ1v) is 19.1. The number of fused-ring (bicyclic) bond motifs is 13. The van der Waals surface area contributed by atoms with Gasteiger partial charge in [-0.1, -0.05) is 97.1 Å². The molecule has 13 rings (SSSR count). The molecule has 0 atom stereocenters. The number of nitrogens with zero attached hydrogens (tertiary/aromatic N) is 2. The maximum atomic E-state index is 6.59. The number of aromatic nitrogens is 2. The van der Waals surface area contributed by atoms with Crippen LogP contribution >= 0.6 is 0 Å². The standard InChI is InChI=1S/C52H30N2O2/c1-2-12-35(13-3-1)53-45-16-8-6-14-37(45)40-27-44-42-26-34(20-23-50(42)56-52(44)29-47(40)53)33-19-22-46-39(25-33)41-28-43-38-15-7-9-17-49(38)55-51(43)30-48(41)54(46)36-21-18-31-10-4-5-11-32(31)24-36/h1-30H. The molecule has 4 heterocycles. The number of hydrogen-bond donors (Lipinski definition) is 0. The third-order valence-electron chi connectivity index (χ3n) is 11.9. The molecule has 0 amide bonds. The molecule has 56 heavy (non-hydrogen) atoms. The largest absolute Gasteiger partial charge is 0.456 e. The minimum atomic E-state index is 0.884. The van der Waals surface area contributed by atoms with Crippen LogP contribution in [-0.4, -0.2) is 9.13 Å². The molecule has 260 valence electrons. The first-order chi connectivity index (χ1) is 27.7. The molecule has 0 bridgehead atoms. The first kappa shape index (κ1) is 29.8. The lowest BCUT2D eigenvalue weighted by Gasteiger charge is -2.10. The molecule has 0 saturated carbocycles. The van der Waals surface area contributed by atoms with Crippen molar-refractivity contribution in [2.75, 3.05) is 0 Å². The van der Waals surface area contributed by atoms with Crippen LogP contribution in [0, 0.1) is 0 Å². The predicted molar refractivity (Wildman–Crippen MR) is 233 cm³/mol. The molecule has 0 aliphatic carbocycles. The summed E-state index contributed by atoms with van der Waals surface area (Å²) in [7, 11) is 0. The predicted octanol–water partition coefficient (Wildman–Crippen LogP) is 14.5. The Morgan fingerprint density at radius 3 is 1.64 bits per heavy atom. The fourth-order valence-corrected chi connectivity index (χ4v) is 9.29. The zero-order valence-electron chi connectivity index (χ0n) is 30.0. The molecule has 0 unspecified atom stereocenters. The summed E-state index contributed by atoms with van der Waals surface area (Å²) in [5.41, 5.74) is 12.7. The molecule has 0 saturated heterocycles. The van der Waals surface area contributed by atoms with Crippen LogP contribution in [0.15, 0.2) is 191 Å². The van der Waals surface area contributed by atoms with Gasteiger partial charge in [0.1, 0.15) is 22.3 Å². The van der Waals surface area contributed by atoms with Crippen LogP contribution in [0.5, 0.6) is 0 Å². The molecule has 9 aromatic carbocycles. The number of furan rings is 2. The van der Waals surface area contributed by atoms with E-state index in [0.717, 1.165) is 82.9 Å². The van der Waals surface area contributed by atoms with E-state index in [1.165, 1.54) is 37.8 Å². The lowest BCUT2D eigenvalue weighted by Crippen LogP contribution is -1.93. The highest BCUT2D eigenvalue weighted by Gasteiger charge is 2.20. The molecule has 0 fully saturated rings. The average molecular weight is 715 g/mol. The molecule has 13 aromatic rings. The zero-order valence-corrected chi connectivity index (χ0v) is 30.0. The van der Waals surface area contributed by atoms with Crippen molar-refractivity contribution in [3.63, 3.8) is 0 Å². The minimum absolute atomic E-state index is 0.884. The summed E-state index contributed by atoms with van der Waals surface area (Å²) in [6.07, 6.45) is 0. The summed E-state index contributed by atoms with van der Waals surface area (Å²) in [4.78, 5) is 0. The van der Waals surface area contributed by atoms with Gasteiger partial charge in [-0.3, -0.25) is 0 Å². The van der Waals surface area contributed by atoms with Gasteiger partial charge in [0.15, 0.2) is 0 Å². The second-order valence-electron chi connectivity index (χ2n) is 14.9. The molecule has 0 radical (unpaired) electrons. The van der Waals surface area contributed by atoms with Crippen LogP contribution < -0.4 is 0 Å². The van der Waals surface area contributed by atoms with Crippen molar-refractivity contribution in [3.05, 3.63) is 182 Å². The molecular weight excluding hydrogens is 685 g/mol. The first-order valence-electron chi connectivity index (χ1n) is 19.1. The van der Waals surface area contributed by atoms with E-state index >= 15 is 0 Å². The van der Waals surface area contributed by atoms with Crippen LogP contribution in [0.2, 0.25) is 0 Å². The van der Waals surface area contributed by atoms with Gasteiger partial charge < -0.3 is 18.0 Å². The fourth-order valence-electron chi connectivity index (χ4n) is 9.29. The summed E-state index contributed by atoms with van der Waals surface area (Å²) >= 11 is 0. The highest BCUT2D eigenvalue weighted by atomic mass is 16.3. The fraction of sp³-hybridized carbons (Fsp3) is 0. The SMILES string of the molecule is c1ccc(-n2c3ccccc3c3cc4c(cc32)oc2ccc(-c3ccc5c(c3)c3cc6c(cc3n5-c3ccc5ccccc5c3)oc3ccccc36)cc24)cc1. The number of para-hydroxylation sites is 3. The summed E-state index contributed by atoms with van der Waals surface area (Å²) in [5, 5.41) is 11.8. The van der Waals surface area contributed by atoms with Crippen LogP contribution in [0.4, 0.5) is 0 Å². The quantitative estimate of drug-likeness (QED) is 0.183. The van der Waals surface area contributed by atoms with Gasteiger partial charge in [-0.15, -0.1) is 0 Å². The van der Waals surface area contributed by atoms with Gasteiger partial charge in [0, 0.05) is 66.6 Å². The second-order valence-corrected chi connectivity index (χ2v) is 14.9. The monoisotopic (exact) mass is 714 g/mol. The van der Waals surface area contributed by atoms with Crippen molar-refractivity contribution in [2.24, 2.45) is 0 Å². The van der Waals surface area contributed by atoms with Crippen molar-refractivity contribution in [2.45, 2.75) is 0 Å². The van der Waals surface area contributed by atoms with E-state index in [0.29, 0.717) is 0 Å². The number of rotatable bonds is 3. The summed E-state index contributed by atoms with van der Waals surface area (Å²) in [6.45, 7) is 0. The van der Waals surface area contributed by atoms with Gasteiger partial charge >= 0.3 is 0 Å². The molecule has 4 aromatic heterocycles. The van der Waals surface area contributed by atoms with Crippen molar-refractivity contribution in [1.82, 2.24) is 9.13 Å². The van der Waals surface area contributed by atoms with Crippen LogP contribution in [0.3, 0.4) is 0 Å². The Morgan fingerprint density at radius 1 is 0.268 bits per heavy atom. The summed E-state index contributed by atoms with van der Waals surface area (Å²) < 4.78 is 17.7. The van der Waals surface area contributed by atoms with E-state index in [2.05, 4.69) is 185 Å². The van der Waals surface area contributed by atoms with Crippen LogP contribution in [-0.2, 0) is 0 Å². The topological polar surface area (TPSA) is 36.1 Å². The molecule has 4 heteroatoms. The van der Waals surface area contributed by atoms with E-state index in [4.69, 9.17) is 8.83 Å². The third-order valence-corrected chi connectivity index (χ3v) is 11.9. The van der Waals surface area contributed by atoms with Crippen molar-refractivity contribution >= 4 is 98.3 Å². The molecular formula is C52H30N2O2. The second kappa shape index (κ2) is 11.0. The van der Waals surface area contributed by atoms with Crippen molar-refractivity contribution < 1.29 is 8.83 Å².